The van der Waals surface area contributed by atoms with E-state index in [1.807, 2.05) is 24.3 Å². The lowest BCUT2D eigenvalue weighted by molar-refractivity contribution is -0.125. The minimum Gasteiger partial charge on any atom is -0.380 e. The number of nitrogens with two attached hydrogens (primary N) is 1. The Balaban J connectivity index is 2.56. The molecule has 0 spiro atoms. The number of benzene rings is 1. The van der Waals surface area contributed by atoms with Crippen LogP contribution < -0.4 is 11.1 Å². The fraction of sp³-hybridized carbons (Fsp3) is 0.588. The smallest absolute Gasteiger partial charge is 0.224 e. The summed E-state index contributed by atoms with van der Waals surface area (Å²) in [7, 11) is 1.67. The minimum absolute atomic E-state index is 0.0320. The molecule has 0 fully saturated rings. The third-order valence-electron chi connectivity index (χ3n) is 3.28. The van der Waals surface area contributed by atoms with Gasteiger partial charge in [-0.05, 0) is 23.0 Å². The van der Waals surface area contributed by atoms with E-state index in [9.17, 15) is 4.79 Å². The van der Waals surface area contributed by atoms with Crippen LogP contribution in [0.2, 0.25) is 0 Å². The van der Waals surface area contributed by atoms with Crippen molar-refractivity contribution >= 4 is 5.91 Å². The summed E-state index contributed by atoms with van der Waals surface area (Å²) in [5.41, 5.74) is 8.01. The zero-order valence-electron chi connectivity index (χ0n) is 13.6. The van der Waals surface area contributed by atoms with Crippen LogP contribution in [-0.2, 0) is 22.7 Å². The van der Waals surface area contributed by atoms with Gasteiger partial charge >= 0.3 is 0 Å². The van der Waals surface area contributed by atoms with Crippen LogP contribution >= 0.6 is 0 Å². The van der Waals surface area contributed by atoms with E-state index in [4.69, 9.17) is 10.5 Å². The molecule has 0 aromatic heterocycles. The molecule has 1 amide bonds. The average Bonchev–Trinajstić information content (AvgIpc) is 2.42. The van der Waals surface area contributed by atoms with Gasteiger partial charge in [-0.3, -0.25) is 4.79 Å². The van der Waals surface area contributed by atoms with Crippen molar-refractivity contribution in [3.63, 3.8) is 0 Å². The monoisotopic (exact) mass is 292 g/mol. The second kappa shape index (κ2) is 8.15. The van der Waals surface area contributed by atoms with Crippen molar-refractivity contribution < 1.29 is 9.53 Å². The lowest BCUT2D eigenvalue weighted by atomic mass is 9.84. The number of carbonyl (C=O) groups is 1. The van der Waals surface area contributed by atoms with E-state index in [1.54, 1.807) is 7.11 Å². The van der Waals surface area contributed by atoms with Gasteiger partial charge in [0.25, 0.3) is 0 Å². The molecule has 0 aliphatic carbocycles. The Labute approximate surface area is 128 Å². The summed E-state index contributed by atoms with van der Waals surface area (Å²) in [5.74, 6) is -0.100. The zero-order valence-corrected chi connectivity index (χ0v) is 13.6. The molecule has 118 valence electrons. The van der Waals surface area contributed by atoms with Crippen LogP contribution in [0.15, 0.2) is 24.3 Å². The Kier molecular flexibility index (Phi) is 6.85. The first kappa shape index (κ1) is 17.7. The molecule has 0 heterocycles. The summed E-state index contributed by atoms with van der Waals surface area (Å²) in [5, 5.41) is 2.98. The largest absolute Gasteiger partial charge is 0.380 e. The van der Waals surface area contributed by atoms with E-state index in [1.165, 1.54) is 0 Å². The van der Waals surface area contributed by atoms with Crippen LogP contribution in [0.3, 0.4) is 0 Å². The third-order valence-corrected chi connectivity index (χ3v) is 3.28. The van der Waals surface area contributed by atoms with E-state index in [-0.39, 0.29) is 17.2 Å². The highest BCUT2D eigenvalue weighted by Crippen LogP contribution is 2.24. The molecule has 0 bridgehead atoms. The topological polar surface area (TPSA) is 64.3 Å². The molecule has 0 aliphatic heterocycles. The Morgan fingerprint density at radius 1 is 1.33 bits per heavy atom. The maximum atomic E-state index is 12.2. The predicted molar refractivity (Wildman–Crippen MR) is 85.6 cm³/mol. The van der Waals surface area contributed by atoms with Crippen LogP contribution in [0.25, 0.3) is 0 Å². The normalized spacial score (nSPS) is 13.0. The van der Waals surface area contributed by atoms with Gasteiger partial charge in [0.05, 0.1) is 12.5 Å². The van der Waals surface area contributed by atoms with Crippen molar-refractivity contribution in [3.8, 4) is 0 Å². The molecule has 1 aromatic rings. The fourth-order valence-corrected chi connectivity index (χ4v) is 2.35. The van der Waals surface area contributed by atoms with E-state index in [2.05, 4.69) is 26.1 Å². The first-order chi connectivity index (χ1) is 9.85. The van der Waals surface area contributed by atoms with Gasteiger partial charge in [0.1, 0.15) is 0 Å². The SMILES string of the molecule is COCc1cccc(CNC(=O)C(CN)CC(C)(C)C)c1. The molecular weight excluding hydrogens is 264 g/mol. The molecular formula is C17H28N2O2. The number of rotatable bonds is 7. The van der Waals surface area contributed by atoms with Crippen molar-refractivity contribution in [3.05, 3.63) is 35.4 Å². The van der Waals surface area contributed by atoms with Crippen LogP contribution in [0.1, 0.15) is 38.3 Å². The van der Waals surface area contributed by atoms with Crippen molar-refractivity contribution in [1.82, 2.24) is 5.32 Å². The van der Waals surface area contributed by atoms with E-state index >= 15 is 0 Å². The highest BCUT2D eigenvalue weighted by molar-refractivity contribution is 5.78. The summed E-state index contributed by atoms with van der Waals surface area (Å²) in [4.78, 5) is 12.2. The average molecular weight is 292 g/mol. The summed E-state index contributed by atoms with van der Waals surface area (Å²) >= 11 is 0. The number of hydrogen-bond donors (Lipinski definition) is 2. The molecule has 1 aromatic carbocycles. The third kappa shape index (κ3) is 6.74. The van der Waals surface area contributed by atoms with Crippen LogP contribution in [0.4, 0.5) is 0 Å². The van der Waals surface area contributed by atoms with Crippen molar-refractivity contribution in [2.24, 2.45) is 17.1 Å². The maximum absolute atomic E-state index is 12.2. The van der Waals surface area contributed by atoms with Gasteiger partial charge in [-0.2, -0.15) is 0 Å². The highest BCUT2D eigenvalue weighted by atomic mass is 16.5. The Bertz CT molecular complexity index is 452. The summed E-state index contributed by atoms with van der Waals surface area (Å²) in [6, 6.07) is 8.04. The van der Waals surface area contributed by atoms with Gasteiger partial charge in [0.15, 0.2) is 0 Å². The fourth-order valence-electron chi connectivity index (χ4n) is 2.35. The highest BCUT2D eigenvalue weighted by Gasteiger charge is 2.23. The predicted octanol–water partition coefficient (Wildman–Crippen LogP) is 2.46. The molecule has 1 unspecified atom stereocenters. The van der Waals surface area contributed by atoms with Gasteiger partial charge in [0, 0.05) is 20.2 Å². The van der Waals surface area contributed by atoms with Gasteiger partial charge in [-0.25, -0.2) is 0 Å². The lowest BCUT2D eigenvalue weighted by Crippen LogP contribution is -2.36. The van der Waals surface area contributed by atoms with Gasteiger partial charge in [-0.15, -0.1) is 0 Å². The van der Waals surface area contributed by atoms with Gasteiger partial charge in [0.2, 0.25) is 5.91 Å². The second-order valence-corrected chi connectivity index (χ2v) is 6.67. The lowest BCUT2D eigenvalue weighted by Gasteiger charge is -2.24. The number of amides is 1. The summed E-state index contributed by atoms with van der Waals surface area (Å²) in [6.45, 7) is 7.85. The van der Waals surface area contributed by atoms with Crippen molar-refractivity contribution in [1.29, 1.82) is 0 Å². The second-order valence-electron chi connectivity index (χ2n) is 6.67. The standard InChI is InChI=1S/C17H28N2O2/c1-17(2,3)9-15(10-18)16(20)19-11-13-6-5-7-14(8-13)12-21-4/h5-8,15H,9-12,18H2,1-4H3,(H,19,20). The first-order valence-corrected chi connectivity index (χ1v) is 7.40. The van der Waals surface area contributed by atoms with Crippen LogP contribution in [-0.4, -0.2) is 19.6 Å². The number of methoxy groups -OCH3 is 1. The Morgan fingerprint density at radius 2 is 2.00 bits per heavy atom. The van der Waals surface area contributed by atoms with E-state index in [0.29, 0.717) is 19.7 Å². The molecule has 1 atom stereocenters. The molecule has 0 radical (unpaired) electrons. The molecule has 3 N–H and O–H groups in total. The number of carbonyl (C=O) groups excluding carboxylic acids is 1. The quantitative estimate of drug-likeness (QED) is 0.811. The summed E-state index contributed by atoms with van der Waals surface area (Å²) < 4.78 is 5.12. The minimum atomic E-state index is -0.132. The molecule has 1 rings (SSSR count). The first-order valence-electron chi connectivity index (χ1n) is 7.40. The van der Waals surface area contributed by atoms with Gasteiger partial charge in [-0.1, -0.05) is 45.0 Å². The van der Waals surface area contributed by atoms with E-state index in [0.717, 1.165) is 17.5 Å². The number of ether oxygens (including phenoxy) is 1. The Morgan fingerprint density at radius 3 is 2.57 bits per heavy atom. The Hall–Kier alpha value is -1.39. The molecule has 4 nitrogen and oxygen atoms in total. The molecule has 0 saturated heterocycles. The van der Waals surface area contributed by atoms with E-state index < -0.39 is 0 Å². The van der Waals surface area contributed by atoms with Crippen LogP contribution in [0.5, 0.6) is 0 Å². The van der Waals surface area contributed by atoms with Gasteiger partial charge < -0.3 is 15.8 Å². The molecule has 0 saturated carbocycles. The van der Waals surface area contributed by atoms with Crippen molar-refractivity contribution in [2.45, 2.75) is 40.3 Å². The zero-order chi connectivity index (χ0) is 15.9. The number of hydrogen-bond acceptors (Lipinski definition) is 3. The summed E-state index contributed by atoms with van der Waals surface area (Å²) in [6.07, 6.45) is 0.791. The molecule has 21 heavy (non-hydrogen) atoms. The molecule has 0 aliphatic rings. The number of nitrogens with one attached hydrogen (secondary N) is 1. The van der Waals surface area contributed by atoms with Crippen LogP contribution in [0, 0.1) is 11.3 Å². The van der Waals surface area contributed by atoms with Crippen molar-refractivity contribution in [2.75, 3.05) is 13.7 Å². The molecule has 4 heteroatoms. The maximum Gasteiger partial charge on any atom is 0.224 e.